The molecule has 1 aromatic heterocycles. The van der Waals surface area contributed by atoms with E-state index in [-0.39, 0.29) is 13.2 Å². The maximum atomic E-state index is 10.3. The first-order valence-corrected chi connectivity index (χ1v) is 6.38. The highest BCUT2D eigenvalue weighted by Gasteiger charge is 2.04. The zero-order valence-corrected chi connectivity index (χ0v) is 11.4. The van der Waals surface area contributed by atoms with Gasteiger partial charge in [-0.05, 0) is 23.8 Å². The molecule has 7 heteroatoms. The molecule has 1 heterocycles. The van der Waals surface area contributed by atoms with Crippen LogP contribution < -0.4 is 10.1 Å². The van der Waals surface area contributed by atoms with Gasteiger partial charge in [-0.15, -0.1) is 0 Å². The molecule has 0 saturated heterocycles. The van der Waals surface area contributed by atoms with Crippen LogP contribution >= 0.6 is 11.6 Å². The van der Waals surface area contributed by atoms with E-state index in [2.05, 4.69) is 10.4 Å². The van der Waals surface area contributed by atoms with Gasteiger partial charge in [0, 0.05) is 12.4 Å². The maximum Gasteiger partial charge on any atom is 0.404 e. The van der Waals surface area contributed by atoms with Crippen LogP contribution in [0.1, 0.15) is 5.56 Å². The monoisotopic (exact) mass is 295 g/mol. The Labute approximate surface area is 120 Å². The number of carbonyl (C=O) groups is 1. The molecule has 0 atom stereocenters. The largest absolute Gasteiger partial charge is 0.490 e. The summed E-state index contributed by atoms with van der Waals surface area (Å²) in [5, 5.41) is 15.2. The molecule has 6 nitrogen and oxygen atoms in total. The molecule has 1 amide bonds. The Morgan fingerprint density at radius 3 is 3.00 bits per heavy atom. The minimum atomic E-state index is -1.07. The fourth-order valence-electron chi connectivity index (χ4n) is 1.66. The summed E-state index contributed by atoms with van der Waals surface area (Å²) in [5.74, 6) is 0.531. The number of amides is 1. The smallest absolute Gasteiger partial charge is 0.404 e. The predicted molar refractivity (Wildman–Crippen MR) is 74.3 cm³/mol. The highest BCUT2D eigenvalue weighted by atomic mass is 35.5. The van der Waals surface area contributed by atoms with E-state index in [4.69, 9.17) is 21.4 Å². The van der Waals surface area contributed by atoms with Crippen molar-refractivity contribution in [2.75, 3.05) is 13.2 Å². The Balaban J connectivity index is 1.90. The van der Waals surface area contributed by atoms with Gasteiger partial charge in [-0.1, -0.05) is 17.7 Å². The molecule has 0 bridgehead atoms. The lowest BCUT2D eigenvalue weighted by Crippen LogP contribution is -2.26. The molecule has 0 saturated carbocycles. The molecule has 0 fully saturated rings. The Hall–Kier alpha value is -2.21. The summed E-state index contributed by atoms with van der Waals surface area (Å²) in [6.07, 6.45) is 2.51. The first kappa shape index (κ1) is 14.2. The topological polar surface area (TPSA) is 76.4 Å². The number of hydrogen-bond donors (Lipinski definition) is 2. The van der Waals surface area contributed by atoms with Gasteiger partial charge in [0.15, 0.2) is 0 Å². The molecule has 1 aromatic carbocycles. The summed E-state index contributed by atoms with van der Waals surface area (Å²) in [4.78, 5) is 10.3. The van der Waals surface area contributed by atoms with E-state index in [1.165, 1.54) is 0 Å². The van der Waals surface area contributed by atoms with Crippen LogP contribution in [0.2, 0.25) is 5.02 Å². The second-order valence-electron chi connectivity index (χ2n) is 4.05. The lowest BCUT2D eigenvalue weighted by molar-refractivity contribution is 0.191. The van der Waals surface area contributed by atoms with E-state index < -0.39 is 6.09 Å². The van der Waals surface area contributed by atoms with Crippen LogP contribution in [0.3, 0.4) is 0 Å². The quantitative estimate of drug-likeness (QED) is 0.801. The van der Waals surface area contributed by atoms with Gasteiger partial charge < -0.3 is 15.2 Å². The zero-order chi connectivity index (χ0) is 14.4. The van der Waals surface area contributed by atoms with E-state index in [1.54, 1.807) is 16.9 Å². The van der Waals surface area contributed by atoms with E-state index >= 15 is 0 Å². The summed E-state index contributed by atoms with van der Waals surface area (Å²) in [6.45, 7) is 1.07. The molecular formula is C13H14ClN3O3. The van der Waals surface area contributed by atoms with Gasteiger partial charge >= 0.3 is 6.09 Å². The average Bonchev–Trinajstić information content (AvgIpc) is 2.89. The van der Waals surface area contributed by atoms with Gasteiger partial charge in [0.25, 0.3) is 0 Å². The van der Waals surface area contributed by atoms with Gasteiger partial charge in [0.2, 0.25) is 0 Å². The lowest BCUT2D eigenvalue weighted by atomic mass is 10.2. The first-order chi connectivity index (χ1) is 9.65. The van der Waals surface area contributed by atoms with Crippen molar-refractivity contribution in [2.24, 2.45) is 0 Å². The summed E-state index contributed by atoms with van der Waals surface area (Å²) >= 11 is 6.12. The molecule has 20 heavy (non-hydrogen) atoms. The Bertz CT molecular complexity index is 572. The number of ether oxygens (including phenoxy) is 1. The van der Waals surface area contributed by atoms with Crippen molar-refractivity contribution in [1.29, 1.82) is 0 Å². The molecule has 0 aliphatic rings. The average molecular weight is 296 g/mol. The van der Waals surface area contributed by atoms with E-state index in [1.807, 2.05) is 24.4 Å². The summed E-state index contributed by atoms with van der Waals surface area (Å²) in [7, 11) is 0. The van der Waals surface area contributed by atoms with Crippen LogP contribution in [0, 0.1) is 0 Å². The Kier molecular flexibility index (Phi) is 4.84. The molecule has 2 aromatic rings. The Morgan fingerprint density at radius 2 is 2.35 bits per heavy atom. The van der Waals surface area contributed by atoms with Crippen molar-refractivity contribution in [1.82, 2.24) is 15.1 Å². The number of nitrogens with zero attached hydrogens (tertiary/aromatic N) is 2. The Morgan fingerprint density at radius 1 is 1.50 bits per heavy atom. The zero-order valence-electron chi connectivity index (χ0n) is 10.6. The van der Waals surface area contributed by atoms with Crippen LogP contribution in [-0.2, 0) is 6.54 Å². The highest BCUT2D eigenvalue weighted by Crippen LogP contribution is 2.25. The van der Waals surface area contributed by atoms with E-state index in [0.717, 1.165) is 5.56 Å². The first-order valence-electron chi connectivity index (χ1n) is 6.00. The second kappa shape index (κ2) is 6.81. The minimum Gasteiger partial charge on any atom is -0.490 e. The summed E-state index contributed by atoms with van der Waals surface area (Å²) in [5.41, 5.74) is 1.01. The van der Waals surface area contributed by atoms with Crippen LogP contribution in [0.15, 0.2) is 36.7 Å². The molecule has 0 spiro atoms. The van der Waals surface area contributed by atoms with Crippen molar-refractivity contribution in [2.45, 2.75) is 6.54 Å². The summed E-state index contributed by atoms with van der Waals surface area (Å²) in [6, 6.07) is 7.33. The molecule has 2 N–H and O–H groups in total. The molecule has 106 valence electrons. The minimum absolute atomic E-state index is 0.209. The van der Waals surface area contributed by atoms with E-state index in [0.29, 0.717) is 17.3 Å². The third kappa shape index (κ3) is 4.17. The number of hydrogen-bond acceptors (Lipinski definition) is 3. The van der Waals surface area contributed by atoms with Crippen molar-refractivity contribution in [3.05, 3.63) is 47.2 Å². The second-order valence-corrected chi connectivity index (χ2v) is 4.46. The number of aromatic nitrogens is 2. The number of rotatable bonds is 6. The summed E-state index contributed by atoms with van der Waals surface area (Å²) < 4.78 is 7.19. The van der Waals surface area contributed by atoms with Crippen molar-refractivity contribution >= 4 is 17.7 Å². The molecule has 0 aliphatic heterocycles. The van der Waals surface area contributed by atoms with Crippen LogP contribution in [0.5, 0.6) is 5.75 Å². The fourth-order valence-corrected chi connectivity index (χ4v) is 1.92. The van der Waals surface area contributed by atoms with Crippen molar-refractivity contribution in [3.8, 4) is 5.75 Å². The number of halogens is 1. The third-order valence-corrected chi connectivity index (χ3v) is 2.83. The van der Waals surface area contributed by atoms with Gasteiger partial charge in [-0.3, -0.25) is 4.68 Å². The number of carboxylic acid groups (broad SMARTS) is 1. The molecule has 0 unspecified atom stereocenters. The van der Waals surface area contributed by atoms with Crippen LogP contribution in [-0.4, -0.2) is 34.1 Å². The molecule has 2 rings (SSSR count). The van der Waals surface area contributed by atoms with Crippen molar-refractivity contribution < 1.29 is 14.6 Å². The normalized spacial score (nSPS) is 10.2. The third-order valence-electron chi connectivity index (χ3n) is 2.54. The van der Waals surface area contributed by atoms with Crippen LogP contribution in [0.25, 0.3) is 0 Å². The standard InChI is InChI=1S/C13H14ClN3O3/c14-11-8-10(9-17-6-1-4-16-17)2-3-12(11)20-7-5-15-13(18)19/h1-4,6,8,15H,5,7,9H2,(H,18,19). The molecule has 0 aliphatic carbocycles. The molecular weight excluding hydrogens is 282 g/mol. The number of nitrogens with one attached hydrogen (secondary N) is 1. The van der Waals surface area contributed by atoms with Crippen molar-refractivity contribution in [3.63, 3.8) is 0 Å². The number of benzene rings is 1. The van der Waals surface area contributed by atoms with Crippen LogP contribution in [0.4, 0.5) is 4.79 Å². The van der Waals surface area contributed by atoms with Gasteiger partial charge in [0.05, 0.1) is 18.1 Å². The molecule has 0 radical (unpaired) electrons. The fraction of sp³-hybridized carbons (Fsp3) is 0.231. The van der Waals surface area contributed by atoms with Gasteiger partial charge in [-0.2, -0.15) is 5.10 Å². The highest BCUT2D eigenvalue weighted by molar-refractivity contribution is 6.32. The lowest BCUT2D eigenvalue weighted by Gasteiger charge is -2.09. The van der Waals surface area contributed by atoms with E-state index in [9.17, 15) is 4.79 Å². The maximum absolute atomic E-state index is 10.3. The predicted octanol–water partition coefficient (Wildman–Crippen LogP) is 2.23. The van der Waals surface area contributed by atoms with Gasteiger partial charge in [0.1, 0.15) is 12.4 Å². The van der Waals surface area contributed by atoms with Gasteiger partial charge in [-0.25, -0.2) is 4.79 Å². The SMILES string of the molecule is O=C(O)NCCOc1ccc(Cn2cccn2)cc1Cl.